The van der Waals surface area contributed by atoms with Crippen molar-refractivity contribution < 1.29 is 69.1 Å². The van der Waals surface area contributed by atoms with Crippen LogP contribution in [0.1, 0.15) is 0 Å². The monoisotopic (exact) mass is 178 g/mol. The van der Waals surface area contributed by atoms with Gasteiger partial charge < -0.3 is 17.7 Å². The summed E-state index contributed by atoms with van der Waals surface area (Å²) in [6.07, 6.45) is 1.28. The van der Waals surface area contributed by atoms with E-state index in [-0.39, 0.29) is 58.0 Å². The second kappa shape index (κ2) is 6.87. The first-order chi connectivity index (χ1) is 4.06. The van der Waals surface area contributed by atoms with E-state index >= 15 is 0 Å². The predicted molar refractivity (Wildman–Crippen MR) is 30.1 cm³/mol. The van der Waals surface area contributed by atoms with Crippen molar-refractivity contribution in [2.45, 2.75) is 0 Å². The Morgan fingerprint density at radius 2 is 1.90 bits per heavy atom. The molecule has 0 N–H and O–H groups in total. The van der Waals surface area contributed by atoms with Crippen LogP contribution in [-0.4, -0.2) is 20.1 Å². The minimum Gasteiger partial charge on any atom is -0.447 e. The van der Waals surface area contributed by atoms with Crippen LogP contribution in [0.2, 0.25) is 0 Å². The van der Waals surface area contributed by atoms with Crippen LogP contribution in [0, 0.1) is 0 Å². The molecule has 0 aromatic carbocycles. The molecule has 0 aliphatic heterocycles. The first kappa shape index (κ1) is 13.8. The maximum atomic E-state index is 11.3. The number of hydrogen-bond acceptors (Lipinski definition) is 1. The van der Waals surface area contributed by atoms with E-state index in [1.165, 1.54) is 6.08 Å². The van der Waals surface area contributed by atoms with Gasteiger partial charge in [-0.15, -0.1) is 6.58 Å². The van der Waals surface area contributed by atoms with E-state index < -0.39 is 13.5 Å². The number of ether oxygens (including phenoxy) is 1. The Labute approximate surface area is 100 Å². The molecule has 0 heterocycles. The van der Waals surface area contributed by atoms with E-state index in [4.69, 9.17) is 0 Å². The Hall–Kier alpha value is 1.19. The molecule has 0 rings (SSSR count). The summed E-state index contributed by atoms with van der Waals surface area (Å²) in [6, 6.07) is 0. The molecular formula is C4H7BF3KO. The summed E-state index contributed by atoms with van der Waals surface area (Å²) in [6.45, 7) is -2.76. The topological polar surface area (TPSA) is 9.23 Å². The molecule has 0 aromatic heterocycles. The average molecular weight is 178 g/mol. The molecule has 0 saturated carbocycles. The van der Waals surface area contributed by atoms with Gasteiger partial charge in [-0.1, -0.05) is 6.08 Å². The molecule has 0 radical (unpaired) electrons. The zero-order valence-electron chi connectivity index (χ0n) is 5.82. The summed E-state index contributed by atoms with van der Waals surface area (Å²) < 4.78 is 38.0. The van der Waals surface area contributed by atoms with Crippen molar-refractivity contribution >= 4 is 6.98 Å². The van der Waals surface area contributed by atoms with Gasteiger partial charge in [-0.2, -0.15) is 0 Å². The van der Waals surface area contributed by atoms with Crippen molar-refractivity contribution in [2.24, 2.45) is 0 Å². The van der Waals surface area contributed by atoms with E-state index in [1.54, 1.807) is 0 Å². The van der Waals surface area contributed by atoms with Crippen LogP contribution >= 0.6 is 0 Å². The van der Waals surface area contributed by atoms with Crippen LogP contribution in [0.4, 0.5) is 12.9 Å². The molecule has 0 fully saturated rings. The summed E-state index contributed by atoms with van der Waals surface area (Å²) >= 11 is 0. The number of halogens is 3. The Bertz CT molecular complexity index is 95.0. The van der Waals surface area contributed by atoms with E-state index in [0.717, 1.165) is 0 Å². The molecule has 1 nitrogen and oxygen atoms in total. The summed E-state index contributed by atoms with van der Waals surface area (Å²) in [4.78, 5) is 0. The molecule has 0 amide bonds. The van der Waals surface area contributed by atoms with Crippen LogP contribution in [0.5, 0.6) is 0 Å². The quantitative estimate of drug-likeness (QED) is 0.291. The van der Waals surface area contributed by atoms with Crippen molar-refractivity contribution in [3.8, 4) is 0 Å². The Balaban J connectivity index is 0. The molecule has 0 bridgehead atoms. The number of hydrogen-bond donors (Lipinski definition) is 0. The van der Waals surface area contributed by atoms with Crippen molar-refractivity contribution in [3.63, 3.8) is 0 Å². The standard InChI is InChI=1S/C4H7BF3O.K/c1-2-3-9-4-5(6,7)8;/h2H,1,3-4H2;/q-1;+1. The smallest absolute Gasteiger partial charge is 0.447 e. The van der Waals surface area contributed by atoms with Gasteiger partial charge >= 0.3 is 58.4 Å². The van der Waals surface area contributed by atoms with Crippen LogP contribution in [0.25, 0.3) is 0 Å². The molecule has 0 unspecified atom stereocenters. The summed E-state index contributed by atoms with van der Waals surface area (Å²) in [7, 11) is 0. The van der Waals surface area contributed by atoms with Gasteiger partial charge in [-0.05, 0) is 0 Å². The van der Waals surface area contributed by atoms with Gasteiger partial charge in [-0.25, -0.2) is 0 Å². The predicted octanol–water partition coefficient (Wildman–Crippen LogP) is -1.42. The van der Waals surface area contributed by atoms with Gasteiger partial charge in [0.05, 0.1) is 6.61 Å². The van der Waals surface area contributed by atoms with E-state index in [2.05, 4.69) is 11.3 Å². The van der Waals surface area contributed by atoms with Crippen LogP contribution in [0.15, 0.2) is 12.7 Å². The third-order valence-electron chi connectivity index (χ3n) is 0.543. The molecule has 0 aromatic rings. The van der Waals surface area contributed by atoms with Gasteiger partial charge in [0.25, 0.3) is 0 Å². The molecule has 0 aliphatic rings. The van der Waals surface area contributed by atoms with Crippen molar-refractivity contribution in [2.75, 3.05) is 13.1 Å². The Morgan fingerprint density at radius 1 is 1.40 bits per heavy atom. The molecule has 0 aliphatic carbocycles. The molecule has 54 valence electrons. The van der Waals surface area contributed by atoms with Crippen LogP contribution < -0.4 is 51.4 Å². The Kier molecular flexibility index (Phi) is 9.46. The average Bonchev–Trinajstić information content (AvgIpc) is 1.63. The van der Waals surface area contributed by atoms with Crippen molar-refractivity contribution in [1.82, 2.24) is 0 Å². The zero-order chi connectivity index (χ0) is 7.33. The normalized spacial score (nSPS) is 10.3. The molecule has 10 heavy (non-hydrogen) atoms. The zero-order valence-corrected chi connectivity index (χ0v) is 8.94. The van der Waals surface area contributed by atoms with Gasteiger partial charge in [0.2, 0.25) is 0 Å². The SMILES string of the molecule is C=CCOC[B-](F)(F)F.[K+]. The molecule has 0 spiro atoms. The van der Waals surface area contributed by atoms with Crippen LogP contribution in [-0.2, 0) is 4.74 Å². The summed E-state index contributed by atoms with van der Waals surface area (Å²) in [5, 5.41) is 0. The second-order valence-corrected chi connectivity index (χ2v) is 1.54. The maximum absolute atomic E-state index is 11.3. The third-order valence-corrected chi connectivity index (χ3v) is 0.543. The fourth-order valence-corrected chi connectivity index (χ4v) is 0.285. The fourth-order valence-electron chi connectivity index (χ4n) is 0.285. The van der Waals surface area contributed by atoms with Gasteiger partial charge in [0, 0.05) is 6.51 Å². The number of rotatable bonds is 4. The first-order valence-corrected chi connectivity index (χ1v) is 2.46. The first-order valence-electron chi connectivity index (χ1n) is 2.46. The Morgan fingerprint density at radius 3 is 2.20 bits per heavy atom. The third kappa shape index (κ3) is 11.9. The largest absolute Gasteiger partial charge is 1.00 e. The summed E-state index contributed by atoms with van der Waals surface area (Å²) in [5.41, 5.74) is 0. The summed E-state index contributed by atoms with van der Waals surface area (Å²) in [5.74, 6) is 0. The van der Waals surface area contributed by atoms with Crippen molar-refractivity contribution in [3.05, 3.63) is 12.7 Å². The van der Waals surface area contributed by atoms with E-state index in [9.17, 15) is 12.9 Å². The van der Waals surface area contributed by atoms with E-state index in [1.807, 2.05) is 0 Å². The molecule has 0 saturated heterocycles. The van der Waals surface area contributed by atoms with E-state index in [0.29, 0.717) is 0 Å². The minimum atomic E-state index is -4.78. The molecule has 6 heteroatoms. The maximum Gasteiger partial charge on any atom is 1.00 e. The minimum absolute atomic E-state index is 0. The van der Waals surface area contributed by atoms with Gasteiger partial charge in [-0.3, -0.25) is 0 Å². The molecule has 0 atom stereocenters. The molecular weight excluding hydrogens is 171 g/mol. The fraction of sp³-hybridized carbons (Fsp3) is 0.500. The van der Waals surface area contributed by atoms with Gasteiger partial charge in [0.1, 0.15) is 0 Å². The van der Waals surface area contributed by atoms with Crippen LogP contribution in [0.3, 0.4) is 0 Å². The van der Waals surface area contributed by atoms with Crippen molar-refractivity contribution in [1.29, 1.82) is 0 Å². The second-order valence-electron chi connectivity index (χ2n) is 1.54. The van der Waals surface area contributed by atoms with Gasteiger partial charge in [0.15, 0.2) is 0 Å².